The van der Waals surface area contributed by atoms with E-state index in [2.05, 4.69) is 0 Å². The normalized spacial score (nSPS) is 10.8. The fourth-order valence-corrected chi connectivity index (χ4v) is 1.37. The van der Waals surface area contributed by atoms with E-state index in [-0.39, 0.29) is 5.82 Å². The number of hydrogen-bond donors (Lipinski definition) is 1. The lowest BCUT2D eigenvalue weighted by Gasteiger charge is -1.95. The Morgan fingerprint density at radius 3 is 1.69 bits per heavy atom. The van der Waals surface area contributed by atoms with Gasteiger partial charge in [0.1, 0.15) is 5.82 Å². The summed E-state index contributed by atoms with van der Waals surface area (Å²) in [6.07, 6.45) is 3.90. The van der Waals surface area contributed by atoms with Crippen molar-refractivity contribution in [3.8, 4) is 0 Å². The van der Waals surface area contributed by atoms with Crippen molar-refractivity contribution in [1.29, 1.82) is 0 Å². The molecule has 1 nitrogen and oxygen atoms in total. The molecule has 2 aromatic carbocycles. The number of halogens is 1. The molecule has 0 unspecified atom stereocenters. The summed E-state index contributed by atoms with van der Waals surface area (Å²) in [7, 11) is 0. The first-order chi connectivity index (χ1) is 7.74. The van der Waals surface area contributed by atoms with Crippen molar-refractivity contribution in [3.63, 3.8) is 0 Å². The molecule has 2 rings (SSSR count). The van der Waals surface area contributed by atoms with Gasteiger partial charge in [-0.05, 0) is 35.4 Å². The molecular formula is C14H12FN. The van der Waals surface area contributed by atoms with E-state index in [1.54, 1.807) is 12.1 Å². The number of nitrogen functional groups attached to an aromatic ring is 1. The van der Waals surface area contributed by atoms with Crippen LogP contribution in [0.4, 0.5) is 10.1 Å². The van der Waals surface area contributed by atoms with Crippen molar-refractivity contribution in [1.82, 2.24) is 0 Å². The highest BCUT2D eigenvalue weighted by molar-refractivity contribution is 5.70. The highest BCUT2D eigenvalue weighted by Crippen LogP contribution is 2.11. The standard InChI is InChI=1S/C14H12FN/c15-13-7-3-11(4-8-13)1-2-12-5-9-14(16)10-6-12/h1-10H,16H2. The molecule has 0 radical (unpaired) electrons. The molecule has 0 aliphatic rings. The Balaban J connectivity index is 2.15. The Bertz CT molecular complexity index is 436. The van der Waals surface area contributed by atoms with Gasteiger partial charge < -0.3 is 5.73 Å². The Morgan fingerprint density at radius 1 is 0.750 bits per heavy atom. The summed E-state index contributed by atoms with van der Waals surface area (Å²) >= 11 is 0. The summed E-state index contributed by atoms with van der Waals surface area (Å²) < 4.78 is 12.7. The quantitative estimate of drug-likeness (QED) is 0.599. The smallest absolute Gasteiger partial charge is 0.123 e. The van der Waals surface area contributed by atoms with Crippen LogP contribution in [0, 0.1) is 5.82 Å². The molecule has 2 aromatic rings. The molecule has 0 bridgehead atoms. The first kappa shape index (κ1) is 10.4. The van der Waals surface area contributed by atoms with Crippen LogP contribution in [0.1, 0.15) is 11.1 Å². The van der Waals surface area contributed by atoms with Crippen LogP contribution >= 0.6 is 0 Å². The fourth-order valence-electron chi connectivity index (χ4n) is 1.37. The summed E-state index contributed by atoms with van der Waals surface area (Å²) in [6.45, 7) is 0. The number of nitrogens with two attached hydrogens (primary N) is 1. The maximum atomic E-state index is 12.7. The minimum atomic E-state index is -0.218. The van der Waals surface area contributed by atoms with Gasteiger partial charge in [-0.25, -0.2) is 4.39 Å². The van der Waals surface area contributed by atoms with Crippen LogP contribution in [0.5, 0.6) is 0 Å². The zero-order valence-electron chi connectivity index (χ0n) is 8.73. The van der Waals surface area contributed by atoms with E-state index in [9.17, 15) is 4.39 Å². The van der Waals surface area contributed by atoms with Gasteiger partial charge in [-0.2, -0.15) is 0 Å². The molecule has 2 N–H and O–H groups in total. The fraction of sp³-hybridized carbons (Fsp3) is 0. The second-order valence-electron chi connectivity index (χ2n) is 3.55. The van der Waals surface area contributed by atoms with Gasteiger partial charge in [0.15, 0.2) is 0 Å². The van der Waals surface area contributed by atoms with Crippen LogP contribution in [-0.2, 0) is 0 Å². The Morgan fingerprint density at radius 2 is 1.19 bits per heavy atom. The number of hydrogen-bond acceptors (Lipinski definition) is 1. The predicted molar refractivity (Wildman–Crippen MR) is 66.2 cm³/mol. The van der Waals surface area contributed by atoms with Crippen molar-refractivity contribution in [2.75, 3.05) is 5.73 Å². The molecule has 0 saturated carbocycles. The molecule has 0 atom stereocenters. The third-order valence-electron chi connectivity index (χ3n) is 2.27. The van der Waals surface area contributed by atoms with Crippen molar-refractivity contribution >= 4 is 17.8 Å². The van der Waals surface area contributed by atoms with Gasteiger partial charge in [-0.1, -0.05) is 36.4 Å². The summed E-state index contributed by atoms with van der Waals surface area (Å²) in [4.78, 5) is 0. The maximum Gasteiger partial charge on any atom is 0.123 e. The molecule has 0 aliphatic heterocycles. The van der Waals surface area contributed by atoms with Crippen molar-refractivity contribution in [3.05, 3.63) is 65.5 Å². The molecule has 0 spiro atoms. The van der Waals surface area contributed by atoms with Crippen LogP contribution in [0.3, 0.4) is 0 Å². The molecule has 0 amide bonds. The average molecular weight is 213 g/mol. The first-order valence-corrected chi connectivity index (χ1v) is 5.03. The van der Waals surface area contributed by atoms with E-state index in [1.807, 2.05) is 36.4 Å². The molecule has 0 aliphatic carbocycles. The Hall–Kier alpha value is -2.09. The van der Waals surface area contributed by atoms with Crippen LogP contribution in [0.2, 0.25) is 0 Å². The summed E-state index contributed by atoms with van der Waals surface area (Å²) in [5, 5.41) is 0. The number of anilines is 1. The van der Waals surface area contributed by atoms with Crippen molar-refractivity contribution in [2.24, 2.45) is 0 Å². The highest BCUT2D eigenvalue weighted by Gasteiger charge is 1.90. The summed E-state index contributed by atoms with van der Waals surface area (Å²) in [6, 6.07) is 14.0. The molecule has 0 aromatic heterocycles. The molecule has 0 fully saturated rings. The average Bonchev–Trinajstić information content (AvgIpc) is 2.30. The van der Waals surface area contributed by atoms with Gasteiger partial charge in [-0.3, -0.25) is 0 Å². The molecule has 0 saturated heterocycles. The monoisotopic (exact) mass is 213 g/mol. The number of rotatable bonds is 2. The van der Waals surface area contributed by atoms with Crippen LogP contribution in [0.25, 0.3) is 12.2 Å². The van der Waals surface area contributed by atoms with Gasteiger partial charge in [0.25, 0.3) is 0 Å². The van der Waals surface area contributed by atoms with E-state index in [0.717, 1.165) is 16.8 Å². The topological polar surface area (TPSA) is 26.0 Å². The van der Waals surface area contributed by atoms with Crippen LogP contribution in [0.15, 0.2) is 48.5 Å². The van der Waals surface area contributed by atoms with Gasteiger partial charge in [0, 0.05) is 5.69 Å². The molecule has 0 heterocycles. The van der Waals surface area contributed by atoms with Crippen LogP contribution < -0.4 is 5.73 Å². The van der Waals surface area contributed by atoms with E-state index in [4.69, 9.17) is 5.73 Å². The molecule has 16 heavy (non-hydrogen) atoms. The lowest BCUT2D eigenvalue weighted by molar-refractivity contribution is 0.628. The van der Waals surface area contributed by atoms with Crippen molar-refractivity contribution in [2.45, 2.75) is 0 Å². The van der Waals surface area contributed by atoms with E-state index < -0.39 is 0 Å². The van der Waals surface area contributed by atoms with Crippen molar-refractivity contribution < 1.29 is 4.39 Å². The summed E-state index contributed by atoms with van der Waals surface area (Å²) in [5.74, 6) is -0.218. The van der Waals surface area contributed by atoms with Gasteiger partial charge >= 0.3 is 0 Å². The van der Waals surface area contributed by atoms with Gasteiger partial charge in [0.05, 0.1) is 0 Å². The Labute approximate surface area is 94.0 Å². The van der Waals surface area contributed by atoms with E-state index in [1.165, 1.54) is 12.1 Å². The second kappa shape index (κ2) is 4.62. The molecule has 2 heteroatoms. The largest absolute Gasteiger partial charge is 0.399 e. The highest BCUT2D eigenvalue weighted by atomic mass is 19.1. The number of benzene rings is 2. The van der Waals surface area contributed by atoms with E-state index in [0.29, 0.717) is 0 Å². The minimum Gasteiger partial charge on any atom is -0.399 e. The van der Waals surface area contributed by atoms with E-state index >= 15 is 0 Å². The molecular weight excluding hydrogens is 201 g/mol. The molecule has 80 valence electrons. The lowest BCUT2D eigenvalue weighted by Crippen LogP contribution is -1.82. The predicted octanol–water partition coefficient (Wildman–Crippen LogP) is 3.58. The zero-order chi connectivity index (χ0) is 11.4. The maximum absolute atomic E-state index is 12.7. The third kappa shape index (κ3) is 2.70. The van der Waals surface area contributed by atoms with Gasteiger partial charge in [-0.15, -0.1) is 0 Å². The third-order valence-corrected chi connectivity index (χ3v) is 2.27. The minimum absolute atomic E-state index is 0.218. The summed E-state index contributed by atoms with van der Waals surface area (Å²) in [5.41, 5.74) is 8.37. The Kier molecular flexibility index (Phi) is 3.01. The lowest BCUT2D eigenvalue weighted by atomic mass is 10.1. The zero-order valence-corrected chi connectivity index (χ0v) is 8.73. The van der Waals surface area contributed by atoms with Crippen LogP contribution in [-0.4, -0.2) is 0 Å². The second-order valence-corrected chi connectivity index (χ2v) is 3.55. The SMILES string of the molecule is Nc1ccc(C=Cc2ccc(F)cc2)cc1. The van der Waals surface area contributed by atoms with Gasteiger partial charge in [0.2, 0.25) is 0 Å². The first-order valence-electron chi connectivity index (χ1n) is 5.03.